The van der Waals surface area contributed by atoms with Gasteiger partial charge in [-0.3, -0.25) is 9.59 Å². The summed E-state index contributed by atoms with van der Waals surface area (Å²) in [7, 11) is 0. The molecule has 0 spiro atoms. The van der Waals surface area contributed by atoms with Crippen molar-refractivity contribution in [2.75, 3.05) is 0 Å². The average molecular weight is 264 g/mol. The lowest BCUT2D eigenvalue weighted by Gasteiger charge is -2.17. The summed E-state index contributed by atoms with van der Waals surface area (Å²) in [6.07, 6.45) is -1.15. The number of aliphatic hydroxyl groups is 1. The van der Waals surface area contributed by atoms with Gasteiger partial charge < -0.3 is 15.7 Å². The molecule has 0 aliphatic carbocycles. The van der Waals surface area contributed by atoms with Crippen molar-refractivity contribution in [3.63, 3.8) is 0 Å². The van der Waals surface area contributed by atoms with Crippen molar-refractivity contribution >= 4 is 17.8 Å². The molecule has 1 heterocycles. The molecule has 19 heavy (non-hydrogen) atoms. The fourth-order valence-electron chi connectivity index (χ4n) is 1.60. The summed E-state index contributed by atoms with van der Waals surface area (Å²) in [6.45, 7) is 1.30. The van der Waals surface area contributed by atoms with Gasteiger partial charge in [-0.25, -0.2) is 4.79 Å². The molecule has 1 aromatic carbocycles. The zero-order valence-electron chi connectivity index (χ0n) is 10.1. The third kappa shape index (κ3) is 2.20. The first kappa shape index (κ1) is 13.2. The quantitative estimate of drug-likeness (QED) is 0.709. The van der Waals surface area contributed by atoms with Gasteiger partial charge in [0.15, 0.2) is 0 Å². The number of nitrogens with two attached hydrogens (primary N) is 1. The molecule has 0 saturated heterocycles. The Morgan fingerprint density at radius 2 is 1.74 bits per heavy atom. The van der Waals surface area contributed by atoms with E-state index in [2.05, 4.69) is 4.84 Å². The van der Waals surface area contributed by atoms with Crippen molar-refractivity contribution in [3.05, 3.63) is 35.4 Å². The molecule has 1 aliphatic heterocycles. The van der Waals surface area contributed by atoms with Gasteiger partial charge >= 0.3 is 5.97 Å². The monoisotopic (exact) mass is 264 g/mol. The van der Waals surface area contributed by atoms with Crippen LogP contribution in [0.1, 0.15) is 27.6 Å². The molecular formula is C12H12N2O5. The van der Waals surface area contributed by atoms with Crippen molar-refractivity contribution in [2.45, 2.75) is 19.1 Å². The standard InChI is InChI=1S/C12H12N2O5/c1-6(15)9(13)12(18)19-14-10(16)7-4-2-3-5-8(7)11(14)17/h2-6,9,15H,13H2,1H3/t6-,9+/m1/s1. The molecule has 0 unspecified atom stereocenters. The van der Waals surface area contributed by atoms with Crippen molar-refractivity contribution in [1.29, 1.82) is 0 Å². The summed E-state index contributed by atoms with van der Waals surface area (Å²) in [5.74, 6) is -2.51. The minimum Gasteiger partial charge on any atom is -0.391 e. The number of benzene rings is 1. The zero-order chi connectivity index (χ0) is 14.2. The number of nitrogens with zero attached hydrogens (tertiary/aromatic N) is 1. The van der Waals surface area contributed by atoms with Gasteiger partial charge in [0.05, 0.1) is 17.2 Å². The maximum Gasteiger partial charge on any atom is 0.352 e. The Morgan fingerprint density at radius 1 is 1.26 bits per heavy atom. The van der Waals surface area contributed by atoms with Crippen LogP contribution in [0.5, 0.6) is 0 Å². The van der Waals surface area contributed by atoms with Crippen LogP contribution in [0.2, 0.25) is 0 Å². The van der Waals surface area contributed by atoms with Crippen LogP contribution in [0.3, 0.4) is 0 Å². The number of carbonyl (C=O) groups excluding carboxylic acids is 3. The number of aliphatic hydroxyl groups excluding tert-OH is 1. The van der Waals surface area contributed by atoms with Gasteiger partial charge in [0.2, 0.25) is 0 Å². The van der Waals surface area contributed by atoms with E-state index in [1.165, 1.54) is 19.1 Å². The lowest BCUT2D eigenvalue weighted by Crippen LogP contribution is -2.45. The minimum atomic E-state index is -1.33. The van der Waals surface area contributed by atoms with E-state index in [1.807, 2.05) is 0 Å². The number of imide groups is 1. The maximum absolute atomic E-state index is 11.9. The lowest BCUT2D eigenvalue weighted by atomic mass is 10.1. The Bertz CT molecular complexity index is 520. The number of carbonyl (C=O) groups is 3. The number of amides is 2. The van der Waals surface area contributed by atoms with Gasteiger partial charge in [-0.1, -0.05) is 17.2 Å². The average Bonchev–Trinajstić information content (AvgIpc) is 2.63. The van der Waals surface area contributed by atoms with Gasteiger partial charge in [0, 0.05) is 0 Å². The van der Waals surface area contributed by atoms with E-state index in [0.29, 0.717) is 5.06 Å². The molecular weight excluding hydrogens is 252 g/mol. The highest BCUT2D eigenvalue weighted by Crippen LogP contribution is 2.22. The predicted molar refractivity (Wildman–Crippen MR) is 62.7 cm³/mol. The van der Waals surface area contributed by atoms with E-state index >= 15 is 0 Å². The van der Waals surface area contributed by atoms with Crippen molar-refractivity contribution in [2.24, 2.45) is 5.73 Å². The molecule has 0 fully saturated rings. The van der Waals surface area contributed by atoms with Crippen LogP contribution in [0, 0.1) is 0 Å². The van der Waals surface area contributed by atoms with E-state index in [9.17, 15) is 14.4 Å². The Kier molecular flexibility index (Phi) is 3.32. The second kappa shape index (κ2) is 4.79. The van der Waals surface area contributed by atoms with Gasteiger partial charge in [0.25, 0.3) is 11.8 Å². The smallest absolute Gasteiger partial charge is 0.352 e. The van der Waals surface area contributed by atoms with Crippen molar-refractivity contribution in [3.8, 4) is 0 Å². The number of rotatable bonds is 3. The summed E-state index contributed by atoms with van der Waals surface area (Å²) in [5.41, 5.74) is 5.68. The fraction of sp³-hybridized carbons (Fsp3) is 0.250. The first-order chi connectivity index (χ1) is 8.93. The number of hydroxylamine groups is 2. The molecule has 2 atom stereocenters. The van der Waals surface area contributed by atoms with E-state index in [1.54, 1.807) is 12.1 Å². The van der Waals surface area contributed by atoms with Crippen LogP contribution < -0.4 is 5.73 Å². The first-order valence-corrected chi connectivity index (χ1v) is 5.56. The first-order valence-electron chi connectivity index (χ1n) is 5.56. The fourth-order valence-corrected chi connectivity index (χ4v) is 1.60. The molecule has 2 rings (SSSR count). The van der Waals surface area contributed by atoms with E-state index in [4.69, 9.17) is 10.8 Å². The van der Waals surface area contributed by atoms with Crippen molar-refractivity contribution in [1.82, 2.24) is 5.06 Å². The third-order valence-corrected chi connectivity index (χ3v) is 2.73. The molecule has 0 radical (unpaired) electrons. The molecule has 7 nitrogen and oxygen atoms in total. The molecule has 0 aromatic heterocycles. The highest BCUT2D eigenvalue weighted by atomic mass is 16.7. The van der Waals surface area contributed by atoms with Gasteiger partial charge in [-0.05, 0) is 19.1 Å². The third-order valence-electron chi connectivity index (χ3n) is 2.73. The second-order valence-electron chi connectivity index (χ2n) is 4.13. The van der Waals surface area contributed by atoms with E-state index in [-0.39, 0.29) is 11.1 Å². The van der Waals surface area contributed by atoms with Crippen LogP contribution >= 0.6 is 0 Å². The van der Waals surface area contributed by atoms with Crippen LogP contribution in [-0.2, 0) is 9.63 Å². The van der Waals surface area contributed by atoms with Gasteiger partial charge in [0.1, 0.15) is 6.04 Å². The lowest BCUT2D eigenvalue weighted by molar-refractivity contribution is -0.172. The number of hydrogen-bond acceptors (Lipinski definition) is 6. The summed E-state index contributed by atoms with van der Waals surface area (Å²) in [4.78, 5) is 39.9. The maximum atomic E-state index is 11.9. The molecule has 7 heteroatoms. The van der Waals surface area contributed by atoms with Crippen LogP contribution in [0.25, 0.3) is 0 Å². The Labute approximate surface area is 108 Å². The molecule has 1 aromatic rings. The number of fused-ring (bicyclic) bond motifs is 1. The summed E-state index contributed by atoms with van der Waals surface area (Å²) < 4.78 is 0. The molecule has 0 bridgehead atoms. The highest BCUT2D eigenvalue weighted by molar-refractivity contribution is 6.20. The van der Waals surface area contributed by atoms with Gasteiger partial charge in [-0.15, -0.1) is 0 Å². The SMILES string of the molecule is C[C@@H](O)[C@H](N)C(=O)ON1C(=O)c2ccccc2C1=O. The predicted octanol–water partition coefficient (Wildman–Crippen LogP) is -0.551. The normalized spacial score (nSPS) is 17.1. The Hall–Kier alpha value is -2.25. The molecule has 3 N–H and O–H groups in total. The van der Waals surface area contributed by atoms with Crippen LogP contribution in [0.15, 0.2) is 24.3 Å². The van der Waals surface area contributed by atoms with E-state index in [0.717, 1.165) is 0 Å². The second-order valence-corrected chi connectivity index (χ2v) is 4.13. The number of hydrogen-bond donors (Lipinski definition) is 2. The molecule has 100 valence electrons. The van der Waals surface area contributed by atoms with Gasteiger partial charge in [-0.2, -0.15) is 0 Å². The summed E-state index contributed by atoms with van der Waals surface area (Å²) in [6, 6.07) is 4.77. The minimum absolute atomic E-state index is 0.158. The largest absolute Gasteiger partial charge is 0.391 e. The van der Waals surface area contributed by atoms with E-state index < -0.39 is 29.9 Å². The molecule has 1 aliphatic rings. The summed E-state index contributed by atoms with van der Waals surface area (Å²) >= 11 is 0. The topological polar surface area (TPSA) is 110 Å². The summed E-state index contributed by atoms with van der Waals surface area (Å²) in [5, 5.41) is 9.51. The van der Waals surface area contributed by atoms with Crippen molar-refractivity contribution < 1.29 is 24.3 Å². The Morgan fingerprint density at radius 3 is 2.16 bits per heavy atom. The Balaban J connectivity index is 2.19. The van der Waals surface area contributed by atoms with Crippen LogP contribution in [-0.4, -0.2) is 40.1 Å². The van der Waals surface area contributed by atoms with Crippen LogP contribution in [0.4, 0.5) is 0 Å². The molecule has 2 amide bonds. The zero-order valence-corrected chi connectivity index (χ0v) is 10.1. The molecule has 0 saturated carbocycles. The highest BCUT2D eigenvalue weighted by Gasteiger charge is 2.39.